The van der Waals surface area contributed by atoms with Crippen molar-refractivity contribution in [2.24, 2.45) is 0 Å². The van der Waals surface area contributed by atoms with Crippen LogP contribution < -0.4 is 0 Å². The fourth-order valence-electron chi connectivity index (χ4n) is 0.870. The van der Waals surface area contributed by atoms with Crippen LogP contribution >= 0.6 is 11.6 Å². The molecule has 0 saturated heterocycles. The van der Waals surface area contributed by atoms with Crippen molar-refractivity contribution in [1.29, 1.82) is 0 Å². The van der Waals surface area contributed by atoms with Crippen molar-refractivity contribution >= 4 is 17.5 Å². The molecule has 6 heteroatoms. The lowest BCUT2D eigenvalue weighted by molar-refractivity contribution is 0.0760. The van der Waals surface area contributed by atoms with Gasteiger partial charge in [0.2, 0.25) is 0 Å². The smallest absolute Gasteiger partial charge is 0.273 e. The molecule has 1 rings (SSSR count). The van der Waals surface area contributed by atoms with E-state index in [-0.39, 0.29) is 29.9 Å². The molecule has 1 heterocycles. The topological polar surface area (TPSA) is 66.3 Å². The maximum atomic E-state index is 11.5. The van der Waals surface area contributed by atoms with E-state index in [2.05, 4.69) is 9.97 Å². The highest BCUT2D eigenvalue weighted by molar-refractivity contribution is 6.29. The predicted molar refractivity (Wildman–Crippen MR) is 51.1 cm³/mol. The fourth-order valence-corrected chi connectivity index (χ4v) is 0.967. The van der Waals surface area contributed by atoms with E-state index in [9.17, 15) is 4.79 Å². The number of aromatic nitrogens is 2. The van der Waals surface area contributed by atoms with Gasteiger partial charge in [-0.3, -0.25) is 4.79 Å². The first-order valence-electron chi connectivity index (χ1n) is 3.99. The summed E-state index contributed by atoms with van der Waals surface area (Å²) in [6.07, 6.45) is 2.61. The molecule has 1 aromatic rings. The third-order valence-corrected chi connectivity index (χ3v) is 1.82. The number of likely N-dealkylation sites (N-methyl/N-ethyl adjacent to an activating group) is 1. The number of nitrogens with zero attached hydrogens (tertiary/aromatic N) is 3. The first kappa shape index (κ1) is 10.9. The normalized spacial score (nSPS) is 9.93. The first-order chi connectivity index (χ1) is 6.65. The molecule has 1 amide bonds. The Morgan fingerprint density at radius 3 is 2.79 bits per heavy atom. The lowest BCUT2D eigenvalue weighted by Crippen LogP contribution is -2.30. The van der Waals surface area contributed by atoms with Crippen molar-refractivity contribution in [3.8, 4) is 0 Å². The van der Waals surface area contributed by atoms with Gasteiger partial charge < -0.3 is 10.0 Å². The zero-order valence-electron chi connectivity index (χ0n) is 7.64. The standard InChI is InChI=1S/C8H10ClN3O2/c1-12(2-3-13)8(14)6-4-11-7(9)5-10-6/h4-5,13H,2-3H2,1H3. The van der Waals surface area contributed by atoms with Crippen LogP contribution in [0.5, 0.6) is 0 Å². The van der Waals surface area contributed by atoms with Gasteiger partial charge in [0.25, 0.3) is 5.91 Å². The Bertz CT molecular complexity index is 315. The van der Waals surface area contributed by atoms with E-state index < -0.39 is 0 Å². The highest BCUT2D eigenvalue weighted by Crippen LogP contribution is 2.03. The lowest BCUT2D eigenvalue weighted by Gasteiger charge is -2.14. The highest BCUT2D eigenvalue weighted by atomic mass is 35.5. The third-order valence-electron chi connectivity index (χ3n) is 1.62. The molecular weight excluding hydrogens is 206 g/mol. The number of rotatable bonds is 3. The maximum absolute atomic E-state index is 11.5. The summed E-state index contributed by atoms with van der Waals surface area (Å²) >= 11 is 5.52. The summed E-state index contributed by atoms with van der Waals surface area (Å²) in [5, 5.41) is 8.87. The van der Waals surface area contributed by atoms with Crippen molar-refractivity contribution in [2.45, 2.75) is 0 Å². The summed E-state index contributed by atoms with van der Waals surface area (Å²) in [6, 6.07) is 0. The average molecular weight is 216 g/mol. The van der Waals surface area contributed by atoms with E-state index in [0.717, 1.165) is 0 Å². The number of hydrogen-bond donors (Lipinski definition) is 1. The molecule has 0 radical (unpaired) electrons. The molecule has 76 valence electrons. The van der Waals surface area contributed by atoms with Crippen LogP contribution in [-0.4, -0.2) is 46.1 Å². The van der Waals surface area contributed by atoms with Gasteiger partial charge in [-0.15, -0.1) is 0 Å². The quantitative estimate of drug-likeness (QED) is 0.782. The molecular formula is C8H10ClN3O2. The zero-order valence-corrected chi connectivity index (χ0v) is 8.40. The Morgan fingerprint density at radius 1 is 1.57 bits per heavy atom. The summed E-state index contributed by atoms with van der Waals surface area (Å²) in [4.78, 5) is 20.4. The Kier molecular flexibility index (Phi) is 3.79. The summed E-state index contributed by atoms with van der Waals surface area (Å²) in [5.74, 6) is -0.289. The second-order valence-electron chi connectivity index (χ2n) is 2.67. The lowest BCUT2D eigenvalue weighted by atomic mass is 10.4. The van der Waals surface area contributed by atoms with Gasteiger partial charge >= 0.3 is 0 Å². The largest absolute Gasteiger partial charge is 0.395 e. The van der Waals surface area contributed by atoms with Crippen LogP contribution in [-0.2, 0) is 0 Å². The third kappa shape index (κ3) is 2.65. The van der Waals surface area contributed by atoms with Crippen molar-refractivity contribution < 1.29 is 9.90 Å². The van der Waals surface area contributed by atoms with Gasteiger partial charge in [-0.2, -0.15) is 0 Å². The number of carbonyl (C=O) groups excluding carboxylic acids is 1. The molecule has 1 N–H and O–H groups in total. The van der Waals surface area contributed by atoms with Gasteiger partial charge in [0.15, 0.2) is 0 Å². The minimum absolute atomic E-state index is 0.0801. The Balaban J connectivity index is 2.74. The monoisotopic (exact) mass is 215 g/mol. The number of amides is 1. The van der Waals surface area contributed by atoms with Crippen LogP contribution in [0.1, 0.15) is 10.5 Å². The zero-order chi connectivity index (χ0) is 10.6. The van der Waals surface area contributed by atoms with Gasteiger partial charge in [-0.1, -0.05) is 11.6 Å². The van der Waals surface area contributed by atoms with Crippen LogP contribution in [0.25, 0.3) is 0 Å². The second-order valence-corrected chi connectivity index (χ2v) is 3.06. The van der Waals surface area contributed by atoms with Crippen LogP contribution in [0.4, 0.5) is 0 Å². The van der Waals surface area contributed by atoms with Crippen molar-refractivity contribution in [1.82, 2.24) is 14.9 Å². The minimum atomic E-state index is -0.289. The molecule has 1 aromatic heterocycles. The highest BCUT2D eigenvalue weighted by Gasteiger charge is 2.12. The van der Waals surface area contributed by atoms with E-state index in [1.807, 2.05) is 0 Å². The fraction of sp³-hybridized carbons (Fsp3) is 0.375. The molecule has 0 aliphatic heterocycles. The maximum Gasteiger partial charge on any atom is 0.273 e. The number of aliphatic hydroxyl groups is 1. The molecule has 0 aromatic carbocycles. The summed E-state index contributed by atoms with van der Waals surface area (Å²) in [5.41, 5.74) is 0.213. The molecule has 0 aliphatic rings. The summed E-state index contributed by atoms with van der Waals surface area (Å²) in [6.45, 7) is 0.187. The molecule has 0 aliphatic carbocycles. The van der Waals surface area contributed by atoms with Crippen LogP contribution in [0.2, 0.25) is 5.15 Å². The summed E-state index contributed by atoms with van der Waals surface area (Å²) < 4.78 is 0. The van der Waals surface area contributed by atoms with Crippen molar-refractivity contribution in [3.05, 3.63) is 23.2 Å². The van der Waals surface area contributed by atoms with Gasteiger partial charge in [0.1, 0.15) is 10.8 Å². The van der Waals surface area contributed by atoms with E-state index in [1.165, 1.54) is 17.3 Å². The van der Waals surface area contributed by atoms with Crippen LogP contribution in [0, 0.1) is 0 Å². The first-order valence-corrected chi connectivity index (χ1v) is 4.37. The minimum Gasteiger partial charge on any atom is -0.395 e. The summed E-state index contributed by atoms with van der Waals surface area (Å²) in [7, 11) is 1.58. The number of aliphatic hydroxyl groups excluding tert-OH is 1. The Labute approximate surface area is 86.3 Å². The SMILES string of the molecule is CN(CCO)C(=O)c1cnc(Cl)cn1. The van der Waals surface area contributed by atoms with Gasteiger partial charge in [0, 0.05) is 13.6 Å². The molecule has 0 saturated carbocycles. The Hall–Kier alpha value is -1.20. The average Bonchev–Trinajstić information content (AvgIpc) is 2.18. The molecule has 0 bridgehead atoms. The number of hydrogen-bond acceptors (Lipinski definition) is 4. The van der Waals surface area contributed by atoms with Crippen molar-refractivity contribution in [2.75, 3.05) is 20.2 Å². The molecule has 0 spiro atoms. The van der Waals surface area contributed by atoms with Gasteiger partial charge in [-0.05, 0) is 0 Å². The van der Waals surface area contributed by atoms with E-state index in [0.29, 0.717) is 0 Å². The molecule has 14 heavy (non-hydrogen) atoms. The van der Waals surface area contributed by atoms with Crippen LogP contribution in [0.15, 0.2) is 12.4 Å². The molecule has 0 fully saturated rings. The van der Waals surface area contributed by atoms with E-state index >= 15 is 0 Å². The second kappa shape index (κ2) is 4.88. The number of carbonyl (C=O) groups is 1. The van der Waals surface area contributed by atoms with E-state index in [1.54, 1.807) is 7.05 Å². The molecule has 5 nitrogen and oxygen atoms in total. The predicted octanol–water partition coefficient (Wildman–Crippen LogP) is 0.194. The van der Waals surface area contributed by atoms with E-state index in [4.69, 9.17) is 16.7 Å². The van der Waals surface area contributed by atoms with Gasteiger partial charge in [0.05, 0.1) is 19.0 Å². The molecule has 0 atom stereocenters. The van der Waals surface area contributed by atoms with Gasteiger partial charge in [-0.25, -0.2) is 9.97 Å². The van der Waals surface area contributed by atoms with Crippen molar-refractivity contribution in [3.63, 3.8) is 0 Å². The molecule has 0 unspecified atom stereocenters. The number of halogens is 1. The van der Waals surface area contributed by atoms with Crippen LogP contribution in [0.3, 0.4) is 0 Å². The Morgan fingerprint density at radius 2 is 2.29 bits per heavy atom.